The molecule has 1 aliphatic heterocycles. The summed E-state index contributed by atoms with van der Waals surface area (Å²) in [4.78, 5) is 26.2. The largest absolute Gasteiger partial charge is 0.388 e. The van der Waals surface area contributed by atoms with E-state index >= 15 is 0 Å². The number of amides is 3. The van der Waals surface area contributed by atoms with Crippen molar-refractivity contribution in [2.45, 2.75) is 50.2 Å². The summed E-state index contributed by atoms with van der Waals surface area (Å²) >= 11 is 0. The van der Waals surface area contributed by atoms with Gasteiger partial charge < -0.3 is 10.4 Å². The van der Waals surface area contributed by atoms with E-state index in [4.69, 9.17) is 0 Å². The molecule has 1 aromatic carbocycles. The molecule has 0 radical (unpaired) electrons. The second kappa shape index (κ2) is 5.39. The third kappa shape index (κ3) is 2.50. The average Bonchev–Trinajstić information content (AvgIpc) is 2.73. The van der Waals surface area contributed by atoms with Crippen LogP contribution in [0.15, 0.2) is 30.3 Å². The number of β-amino-alcohol motifs (C(OH)–C–C–N with tert-alkyl or cyclic N) is 1. The molecule has 1 aromatic rings. The molecule has 2 fully saturated rings. The molecule has 0 spiro atoms. The van der Waals surface area contributed by atoms with Crippen molar-refractivity contribution in [3.05, 3.63) is 35.9 Å². The minimum Gasteiger partial charge on any atom is -0.388 e. The highest BCUT2D eigenvalue weighted by Crippen LogP contribution is 2.33. The number of hydrogen-bond acceptors (Lipinski definition) is 3. The van der Waals surface area contributed by atoms with E-state index in [0.717, 1.165) is 24.8 Å². The van der Waals surface area contributed by atoms with Gasteiger partial charge >= 0.3 is 6.03 Å². The highest BCUT2D eigenvalue weighted by atomic mass is 16.3. The average molecular weight is 302 g/mol. The fourth-order valence-corrected chi connectivity index (χ4v) is 3.47. The molecule has 1 heterocycles. The number of hydrogen-bond donors (Lipinski definition) is 2. The van der Waals surface area contributed by atoms with Crippen molar-refractivity contribution in [1.29, 1.82) is 0 Å². The number of nitrogens with zero attached hydrogens (tertiary/aromatic N) is 1. The lowest BCUT2D eigenvalue weighted by Crippen LogP contribution is -2.48. The fourth-order valence-electron chi connectivity index (χ4n) is 3.47. The number of carbonyl (C=O) groups is 2. The van der Waals surface area contributed by atoms with Crippen LogP contribution in [0.2, 0.25) is 0 Å². The lowest BCUT2D eigenvalue weighted by atomic mass is 9.84. The van der Waals surface area contributed by atoms with Crippen LogP contribution in [0.5, 0.6) is 0 Å². The minimum atomic E-state index is -1.05. The maximum atomic E-state index is 12.8. The summed E-state index contributed by atoms with van der Waals surface area (Å²) in [5, 5.41) is 13.4. The summed E-state index contributed by atoms with van der Waals surface area (Å²) in [5.74, 6) is -0.289. The number of benzene rings is 1. The number of urea groups is 1. The normalized spacial score (nSPS) is 27.8. The summed E-state index contributed by atoms with van der Waals surface area (Å²) in [6, 6.07) is 8.80. The monoisotopic (exact) mass is 302 g/mol. The molecule has 22 heavy (non-hydrogen) atoms. The van der Waals surface area contributed by atoms with Crippen LogP contribution < -0.4 is 5.32 Å². The van der Waals surface area contributed by atoms with E-state index < -0.39 is 17.2 Å². The summed E-state index contributed by atoms with van der Waals surface area (Å²) in [6.07, 6.45) is 4.27. The zero-order chi connectivity index (χ0) is 15.8. The Morgan fingerprint density at radius 3 is 2.41 bits per heavy atom. The van der Waals surface area contributed by atoms with Gasteiger partial charge in [-0.05, 0) is 25.3 Å². The van der Waals surface area contributed by atoms with Gasteiger partial charge in [-0.3, -0.25) is 9.69 Å². The molecule has 118 valence electrons. The Hall–Kier alpha value is -1.88. The number of aliphatic hydroxyl groups is 1. The Morgan fingerprint density at radius 1 is 1.14 bits per heavy atom. The van der Waals surface area contributed by atoms with Gasteiger partial charge in [0, 0.05) is 0 Å². The highest BCUT2D eigenvalue weighted by Gasteiger charge is 2.50. The zero-order valence-electron chi connectivity index (χ0n) is 12.8. The first-order chi connectivity index (χ1) is 10.4. The Morgan fingerprint density at radius 2 is 1.77 bits per heavy atom. The van der Waals surface area contributed by atoms with Crippen LogP contribution in [-0.4, -0.2) is 34.1 Å². The van der Waals surface area contributed by atoms with Crippen molar-refractivity contribution >= 4 is 11.9 Å². The lowest BCUT2D eigenvalue weighted by molar-refractivity contribution is -0.134. The lowest BCUT2D eigenvalue weighted by Gasteiger charge is -2.34. The molecule has 5 nitrogen and oxygen atoms in total. The third-order valence-electron chi connectivity index (χ3n) is 4.86. The summed E-state index contributed by atoms with van der Waals surface area (Å²) in [7, 11) is 0. The third-order valence-corrected chi connectivity index (χ3v) is 4.86. The Bertz CT molecular complexity index is 581. The molecule has 1 saturated heterocycles. The second-order valence-electron chi connectivity index (χ2n) is 6.60. The number of nitrogens with one attached hydrogen (secondary N) is 1. The van der Waals surface area contributed by atoms with E-state index in [1.807, 2.05) is 30.3 Å². The molecule has 2 aliphatic rings. The predicted molar refractivity (Wildman–Crippen MR) is 82.1 cm³/mol. The molecule has 0 bridgehead atoms. The number of rotatable bonds is 3. The van der Waals surface area contributed by atoms with E-state index in [2.05, 4.69) is 5.32 Å². The molecule has 1 saturated carbocycles. The van der Waals surface area contributed by atoms with Crippen molar-refractivity contribution in [3.63, 3.8) is 0 Å². The number of carbonyl (C=O) groups excluding carboxylic acids is 2. The first-order valence-electron chi connectivity index (χ1n) is 7.87. The summed E-state index contributed by atoms with van der Waals surface area (Å²) in [6.45, 7) is 1.80. The van der Waals surface area contributed by atoms with Crippen LogP contribution in [0.4, 0.5) is 4.79 Å². The van der Waals surface area contributed by atoms with Crippen molar-refractivity contribution in [1.82, 2.24) is 10.2 Å². The molecule has 2 N–H and O–H groups in total. The van der Waals surface area contributed by atoms with Crippen LogP contribution in [0, 0.1) is 0 Å². The molecule has 1 atom stereocenters. The van der Waals surface area contributed by atoms with Gasteiger partial charge in [0.1, 0.15) is 5.54 Å². The Balaban J connectivity index is 1.83. The Labute approximate surface area is 130 Å². The molecular weight excluding hydrogens is 280 g/mol. The maximum absolute atomic E-state index is 12.8. The van der Waals surface area contributed by atoms with Gasteiger partial charge in [0.15, 0.2) is 0 Å². The summed E-state index contributed by atoms with van der Waals surface area (Å²) in [5.41, 5.74) is -1.23. The first kappa shape index (κ1) is 15.0. The van der Waals surface area contributed by atoms with E-state index in [0.29, 0.717) is 12.8 Å². The quantitative estimate of drug-likeness (QED) is 0.841. The van der Waals surface area contributed by atoms with Crippen LogP contribution >= 0.6 is 0 Å². The first-order valence-corrected chi connectivity index (χ1v) is 7.87. The molecule has 3 rings (SSSR count). The van der Waals surface area contributed by atoms with Gasteiger partial charge in [-0.1, -0.05) is 49.6 Å². The number of imide groups is 1. The van der Waals surface area contributed by atoms with Crippen LogP contribution in [0.25, 0.3) is 0 Å². The van der Waals surface area contributed by atoms with E-state index in [-0.39, 0.29) is 12.5 Å². The Kier molecular flexibility index (Phi) is 3.68. The molecule has 5 heteroatoms. The standard InChI is InChI=1S/C17H22N2O3/c1-16(13-8-4-2-5-9-13)14(20)19(15(21)18-16)12-17(22)10-6-3-7-11-17/h2,4-5,8-9,22H,3,6-7,10-12H2,1H3,(H,18,21)/t16-/m0/s1. The van der Waals surface area contributed by atoms with Gasteiger partial charge in [0.2, 0.25) is 0 Å². The van der Waals surface area contributed by atoms with E-state index in [9.17, 15) is 14.7 Å². The smallest absolute Gasteiger partial charge is 0.325 e. The SMILES string of the molecule is C[C@@]1(c2ccccc2)NC(=O)N(CC2(O)CCCCC2)C1=O. The van der Waals surface area contributed by atoms with Crippen molar-refractivity contribution < 1.29 is 14.7 Å². The maximum Gasteiger partial charge on any atom is 0.325 e. The topological polar surface area (TPSA) is 69.6 Å². The molecule has 3 amide bonds. The fraction of sp³-hybridized carbons (Fsp3) is 0.529. The van der Waals surface area contributed by atoms with E-state index in [1.54, 1.807) is 6.92 Å². The zero-order valence-corrected chi connectivity index (χ0v) is 12.8. The highest BCUT2D eigenvalue weighted by molar-refractivity contribution is 6.07. The van der Waals surface area contributed by atoms with Gasteiger partial charge in [0.25, 0.3) is 5.91 Å². The molecular formula is C17H22N2O3. The second-order valence-corrected chi connectivity index (χ2v) is 6.60. The van der Waals surface area contributed by atoms with Crippen LogP contribution in [0.1, 0.15) is 44.6 Å². The molecule has 0 aromatic heterocycles. The van der Waals surface area contributed by atoms with Crippen molar-refractivity contribution in [2.75, 3.05) is 6.54 Å². The van der Waals surface area contributed by atoms with Gasteiger partial charge in [0.05, 0.1) is 12.1 Å². The van der Waals surface area contributed by atoms with Gasteiger partial charge in [-0.2, -0.15) is 0 Å². The van der Waals surface area contributed by atoms with Crippen molar-refractivity contribution in [3.8, 4) is 0 Å². The van der Waals surface area contributed by atoms with Gasteiger partial charge in [-0.15, -0.1) is 0 Å². The predicted octanol–water partition coefficient (Wildman–Crippen LogP) is 2.15. The van der Waals surface area contributed by atoms with Gasteiger partial charge in [-0.25, -0.2) is 4.79 Å². The molecule has 0 unspecified atom stereocenters. The van der Waals surface area contributed by atoms with E-state index in [1.165, 1.54) is 4.90 Å². The van der Waals surface area contributed by atoms with Crippen LogP contribution in [-0.2, 0) is 10.3 Å². The molecule has 1 aliphatic carbocycles. The minimum absolute atomic E-state index is 0.0834. The summed E-state index contributed by atoms with van der Waals surface area (Å²) < 4.78 is 0. The van der Waals surface area contributed by atoms with Crippen molar-refractivity contribution in [2.24, 2.45) is 0 Å². The van der Waals surface area contributed by atoms with Crippen LogP contribution in [0.3, 0.4) is 0 Å².